The van der Waals surface area contributed by atoms with Gasteiger partial charge in [0.2, 0.25) is 0 Å². The highest BCUT2D eigenvalue weighted by atomic mass is 19.4. The number of halogens is 3. The molecular weight excluding hydrogens is 273 g/mol. The zero-order valence-corrected chi connectivity index (χ0v) is 10.2. The van der Waals surface area contributed by atoms with E-state index in [0.29, 0.717) is 11.1 Å². The van der Waals surface area contributed by atoms with Crippen molar-refractivity contribution >= 4 is 5.91 Å². The maximum Gasteiger partial charge on any atom is 0.435 e. The standard InChI is InChI=1S/C12H11F3N4O/c13-12(14,15)10-5-6-19(18-10)7-8-3-1-2-4-9(8)11(20)17-16/h1-6H,7,16H2,(H,17,20). The summed E-state index contributed by atoms with van der Waals surface area (Å²) >= 11 is 0. The minimum Gasteiger partial charge on any atom is -0.290 e. The van der Waals surface area contributed by atoms with E-state index in [1.54, 1.807) is 18.2 Å². The number of carbonyl (C=O) groups excluding carboxylic acids is 1. The summed E-state index contributed by atoms with van der Waals surface area (Å²) in [6.07, 6.45) is -3.28. The van der Waals surface area contributed by atoms with Crippen LogP contribution in [0.3, 0.4) is 0 Å². The van der Waals surface area contributed by atoms with E-state index in [1.807, 2.05) is 5.43 Å². The molecule has 0 bridgehead atoms. The summed E-state index contributed by atoms with van der Waals surface area (Å²) in [4.78, 5) is 11.5. The van der Waals surface area contributed by atoms with Crippen LogP contribution in [0.15, 0.2) is 36.5 Å². The van der Waals surface area contributed by atoms with Crippen LogP contribution in [-0.2, 0) is 12.7 Å². The van der Waals surface area contributed by atoms with Crippen LogP contribution in [0, 0.1) is 0 Å². The summed E-state index contributed by atoms with van der Waals surface area (Å²) in [5.74, 6) is 4.55. The Morgan fingerprint density at radius 2 is 2.00 bits per heavy atom. The Balaban J connectivity index is 2.27. The van der Waals surface area contributed by atoms with Crippen molar-refractivity contribution in [2.75, 3.05) is 0 Å². The van der Waals surface area contributed by atoms with Crippen molar-refractivity contribution in [2.24, 2.45) is 5.84 Å². The summed E-state index contributed by atoms with van der Waals surface area (Å²) < 4.78 is 38.5. The molecule has 5 nitrogen and oxygen atoms in total. The summed E-state index contributed by atoms with van der Waals surface area (Å²) in [6.45, 7) is 0.0413. The van der Waals surface area contributed by atoms with Crippen molar-refractivity contribution in [3.05, 3.63) is 53.3 Å². The first-order valence-electron chi connectivity index (χ1n) is 5.61. The zero-order valence-electron chi connectivity index (χ0n) is 10.2. The molecule has 1 aromatic carbocycles. The second-order valence-electron chi connectivity index (χ2n) is 4.03. The van der Waals surface area contributed by atoms with E-state index in [0.717, 1.165) is 10.7 Å². The third kappa shape index (κ3) is 2.97. The first kappa shape index (κ1) is 14.1. The molecule has 0 unspecified atom stereocenters. The molecule has 0 aliphatic heterocycles. The average molecular weight is 284 g/mol. The molecule has 106 valence electrons. The number of amides is 1. The van der Waals surface area contributed by atoms with Gasteiger partial charge in [-0.05, 0) is 17.7 Å². The molecule has 1 aromatic heterocycles. The fourth-order valence-electron chi connectivity index (χ4n) is 1.73. The topological polar surface area (TPSA) is 72.9 Å². The van der Waals surface area contributed by atoms with Gasteiger partial charge in [0.15, 0.2) is 5.69 Å². The number of nitrogen functional groups attached to an aromatic ring is 1. The fourth-order valence-corrected chi connectivity index (χ4v) is 1.73. The minimum absolute atomic E-state index is 0.0413. The maximum absolute atomic E-state index is 12.4. The van der Waals surface area contributed by atoms with Crippen molar-refractivity contribution in [1.29, 1.82) is 0 Å². The molecule has 0 fully saturated rings. The molecule has 0 atom stereocenters. The van der Waals surface area contributed by atoms with E-state index in [1.165, 1.54) is 12.3 Å². The van der Waals surface area contributed by atoms with Gasteiger partial charge in [0.25, 0.3) is 5.91 Å². The first-order valence-corrected chi connectivity index (χ1v) is 5.61. The third-order valence-corrected chi connectivity index (χ3v) is 2.66. The number of nitrogens with two attached hydrogens (primary N) is 1. The van der Waals surface area contributed by atoms with E-state index >= 15 is 0 Å². The summed E-state index contributed by atoms with van der Waals surface area (Å²) in [6, 6.07) is 7.35. The molecule has 0 aliphatic carbocycles. The number of rotatable bonds is 3. The quantitative estimate of drug-likeness (QED) is 0.510. The molecule has 8 heteroatoms. The van der Waals surface area contributed by atoms with Gasteiger partial charge in [0, 0.05) is 11.8 Å². The number of hydrogen-bond acceptors (Lipinski definition) is 3. The van der Waals surface area contributed by atoms with Gasteiger partial charge in [-0.1, -0.05) is 18.2 Å². The lowest BCUT2D eigenvalue weighted by Crippen LogP contribution is -2.31. The summed E-state index contributed by atoms with van der Waals surface area (Å²) in [5.41, 5.74) is 1.83. The van der Waals surface area contributed by atoms with Crippen LogP contribution in [0.1, 0.15) is 21.6 Å². The highest BCUT2D eigenvalue weighted by molar-refractivity contribution is 5.95. The number of carbonyl (C=O) groups is 1. The molecule has 1 amide bonds. The number of nitrogens with one attached hydrogen (secondary N) is 1. The molecule has 1 heterocycles. The van der Waals surface area contributed by atoms with Gasteiger partial charge in [0.05, 0.1) is 6.54 Å². The van der Waals surface area contributed by atoms with Crippen molar-refractivity contribution in [1.82, 2.24) is 15.2 Å². The van der Waals surface area contributed by atoms with E-state index in [4.69, 9.17) is 5.84 Å². The van der Waals surface area contributed by atoms with Gasteiger partial charge >= 0.3 is 6.18 Å². The number of aromatic nitrogens is 2. The van der Waals surface area contributed by atoms with Crippen molar-refractivity contribution in [2.45, 2.75) is 12.7 Å². The largest absolute Gasteiger partial charge is 0.435 e. The van der Waals surface area contributed by atoms with Crippen molar-refractivity contribution in [3.63, 3.8) is 0 Å². The molecule has 2 aromatic rings. The van der Waals surface area contributed by atoms with E-state index in [9.17, 15) is 18.0 Å². The van der Waals surface area contributed by atoms with Crippen LogP contribution in [-0.4, -0.2) is 15.7 Å². The number of benzene rings is 1. The minimum atomic E-state index is -4.49. The summed E-state index contributed by atoms with van der Waals surface area (Å²) in [7, 11) is 0. The molecule has 2 rings (SSSR count). The van der Waals surface area contributed by atoms with Crippen molar-refractivity contribution in [3.8, 4) is 0 Å². The molecule has 0 aliphatic rings. The van der Waals surface area contributed by atoms with Crippen LogP contribution in [0.2, 0.25) is 0 Å². The van der Waals surface area contributed by atoms with Gasteiger partial charge in [-0.15, -0.1) is 0 Å². The average Bonchev–Trinajstić information content (AvgIpc) is 2.87. The highest BCUT2D eigenvalue weighted by Gasteiger charge is 2.33. The zero-order chi connectivity index (χ0) is 14.8. The van der Waals surface area contributed by atoms with Crippen LogP contribution >= 0.6 is 0 Å². The monoisotopic (exact) mass is 284 g/mol. The maximum atomic E-state index is 12.4. The Morgan fingerprint density at radius 3 is 2.60 bits per heavy atom. The van der Waals surface area contributed by atoms with E-state index in [2.05, 4.69) is 5.10 Å². The van der Waals surface area contributed by atoms with Gasteiger partial charge in [-0.2, -0.15) is 18.3 Å². The third-order valence-electron chi connectivity index (χ3n) is 2.66. The van der Waals surface area contributed by atoms with E-state index in [-0.39, 0.29) is 6.54 Å². The number of alkyl halides is 3. The predicted octanol–water partition coefficient (Wildman–Crippen LogP) is 1.55. The first-order chi connectivity index (χ1) is 9.41. The predicted molar refractivity (Wildman–Crippen MR) is 64.4 cm³/mol. The van der Waals surface area contributed by atoms with Crippen LogP contribution in [0.5, 0.6) is 0 Å². The molecular formula is C12H11F3N4O. The number of hydrazine groups is 1. The molecule has 0 radical (unpaired) electrons. The Labute approximate surface area is 112 Å². The SMILES string of the molecule is NNC(=O)c1ccccc1Cn1ccc(C(F)(F)F)n1. The normalized spacial score (nSPS) is 11.4. The number of hydrogen-bond donors (Lipinski definition) is 2. The second kappa shape index (κ2) is 5.33. The molecule has 0 saturated heterocycles. The van der Waals surface area contributed by atoms with Crippen LogP contribution in [0.4, 0.5) is 13.2 Å². The summed E-state index contributed by atoms with van der Waals surface area (Å²) in [5, 5.41) is 3.43. The Bertz CT molecular complexity index is 621. The second-order valence-corrected chi connectivity index (χ2v) is 4.03. The van der Waals surface area contributed by atoms with Gasteiger partial charge in [-0.3, -0.25) is 14.9 Å². The lowest BCUT2D eigenvalue weighted by atomic mass is 10.1. The van der Waals surface area contributed by atoms with Gasteiger partial charge in [0.1, 0.15) is 0 Å². The lowest BCUT2D eigenvalue weighted by molar-refractivity contribution is -0.141. The molecule has 0 spiro atoms. The van der Waals surface area contributed by atoms with E-state index < -0.39 is 17.8 Å². The van der Waals surface area contributed by atoms with Crippen LogP contribution in [0.25, 0.3) is 0 Å². The lowest BCUT2D eigenvalue weighted by Gasteiger charge is -2.08. The fraction of sp³-hybridized carbons (Fsp3) is 0.167. The van der Waals surface area contributed by atoms with Gasteiger partial charge < -0.3 is 0 Å². The molecule has 20 heavy (non-hydrogen) atoms. The van der Waals surface area contributed by atoms with Crippen LogP contribution < -0.4 is 11.3 Å². The number of nitrogens with zero attached hydrogens (tertiary/aromatic N) is 2. The Hall–Kier alpha value is -2.35. The van der Waals surface area contributed by atoms with Gasteiger partial charge in [-0.25, -0.2) is 5.84 Å². The molecule has 3 N–H and O–H groups in total. The smallest absolute Gasteiger partial charge is 0.290 e. The molecule has 0 saturated carbocycles. The Morgan fingerprint density at radius 1 is 1.30 bits per heavy atom. The van der Waals surface area contributed by atoms with Crippen molar-refractivity contribution < 1.29 is 18.0 Å². The Kier molecular flexibility index (Phi) is 3.75. The highest BCUT2D eigenvalue weighted by Crippen LogP contribution is 2.27.